The van der Waals surface area contributed by atoms with Gasteiger partial charge in [-0.05, 0) is 35.1 Å². The number of β-lactam (4-membered cyclic amide) rings is 1. The highest BCUT2D eigenvalue weighted by atomic mass is 32.2. The molecule has 1 saturated heterocycles. The number of carbonyl (C=O) groups is 2. The minimum Gasteiger partial charge on any atom is -0.330 e. The zero-order chi connectivity index (χ0) is 23.0. The van der Waals surface area contributed by atoms with Gasteiger partial charge in [-0.3, -0.25) is 4.79 Å². The maximum absolute atomic E-state index is 13.9. The molecule has 1 unspecified atom stereocenters. The van der Waals surface area contributed by atoms with Gasteiger partial charge >= 0.3 is 12.2 Å². The quantitative estimate of drug-likeness (QED) is 0.510. The van der Waals surface area contributed by atoms with E-state index < -0.39 is 52.3 Å². The van der Waals surface area contributed by atoms with E-state index in [1.54, 1.807) is 32.4 Å². The van der Waals surface area contributed by atoms with Gasteiger partial charge < -0.3 is 10.2 Å². The normalized spacial score (nSPS) is 17.3. The number of halogens is 4. The molecule has 7 nitrogen and oxygen atoms in total. The van der Waals surface area contributed by atoms with Crippen molar-refractivity contribution in [3.8, 4) is 0 Å². The number of amides is 3. The predicted octanol–water partition coefficient (Wildman–Crippen LogP) is 3.30. The van der Waals surface area contributed by atoms with Crippen molar-refractivity contribution in [3.63, 3.8) is 0 Å². The van der Waals surface area contributed by atoms with Crippen molar-refractivity contribution >= 4 is 27.6 Å². The summed E-state index contributed by atoms with van der Waals surface area (Å²) in [6.07, 6.45) is -4.65. The molecule has 2 rings (SSSR count). The first-order valence-corrected chi connectivity index (χ1v) is 10.7. The number of hydrogen-bond acceptors (Lipinski definition) is 4. The van der Waals surface area contributed by atoms with E-state index in [-0.39, 0.29) is 17.5 Å². The number of rotatable bonds is 6. The minimum absolute atomic E-state index is 0.200. The number of carbonyl (C=O) groups excluding carboxylic acids is 2. The van der Waals surface area contributed by atoms with Gasteiger partial charge in [0.15, 0.2) is 5.25 Å². The average molecular weight is 453 g/mol. The van der Waals surface area contributed by atoms with E-state index in [1.807, 2.05) is 0 Å². The molecular formula is C18H23F4N3O4S. The third kappa shape index (κ3) is 5.41. The van der Waals surface area contributed by atoms with E-state index in [0.717, 1.165) is 0 Å². The van der Waals surface area contributed by atoms with Crippen molar-refractivity contribution in [3.05, 3.63) is 29.1 Å². The van der Waals surface area contributed by atoms with E-state index in [9.17, 15) is 35.6 Å². The Kier molecular flexibility index (Phi) is 6.69. The summed E-state index contributed by atoms with van der Waals surface area (Å²) in [7, 11) is -4.55. The summed E-state index contributed by atoms with van der Waals surface area (Å²) in [4.78, 5) is 24.5. The molecule has 0 spiro atoms. The second-order valence-electron chi connectivity index (χ2n) is 7.69. The topological polar surface area (TPSA) is 95.6 Å². The second kappa shape index (κ2) is 8.40. The van der Waals surface area contributed by atoms with Crippen LogP contribution in [0.25, 0.3) is 0 Å². The zero-order valence-electron chi connectivity index (χ0n) is 16.8. The van der Waals surface area contributed by atoms with Crippen molar-refractivity contribution in [2.24, 2.45) is 0 Å². The van der Waals surface area contributed by atoms with Crippen LogP contribution in [0.2, 0.25) is 0 Å². The summed E-state index contributed by atoms with van der Waals surface area (Å²) >= 11 is 0. The van der Waals surface area contributed by atoms with Crippen molar-refractivity contribution < 1.29 is 35.6 Å². The van der Waals surface area contributed by atoms with Crippen molar-refractivity contribution in [1.82, 2.24) is 9.62 Å². The van der Waals surface area contributed by atoms with E-state index in [0.29, 0.717) is 16.0 Å². The zero-order valence-corrected chi connectivity index (χ0v) is 17.6. The third-order valence-electron chi connectivity index (χ3n) is 4.60. The van der Waals surface area contributed by atoms with Crippen LogP contribution in [0.3, 0.4) is 0 Å². The van der Waals surface area contributed by atoms with Gasteiger partial charge in [0, 0.05) is 12.2 Å². The Bertz CT molecular complexity index is 916. The largest absolute Gasteiger partial charge is 0.406 e. The molecule has 2 N–H and O–H groups in total. The van der Waals surface area contributed by atoms with Crippen LogP contribution >= 0.6 is 0 Å². The smallest absolute Gasteiger partial charge is 0.330 e. The lowest BCUT2D eigenvalue weighted by Gasteiger charge is -2.37. The molecule has 3 amide bonds. The van der Waals surface area contributed by atoms with Crippen molar-refractivity contribution in [2.75, 3.05) is 18.4 Å². The summed E-state index contributed by atoms with van der Waals surface area (Å²) in [5, 5.41) is 0.607. The molecule has 168 valence electrons. The maximum Gasteiger partial charge on any atom is 0.406 e. The van der Waals surface area contributed by atoms with Gasteiger partial charge in [0.1, 0.15) is 12.4 Å². The van der Waals surface area contributed by atoms with Crippen LogP contribution in [0.1, 0.15) is 50.7 Å². The Morgan fingerprint density at radius 1 is 1.17 bits per heavy atom. The summed E-state index contributed by atoms with van der Waals surface area (Å²) in [6.45, 7) is 4.82. The summed E-state index contributed by atoms with van der Waals surface area (Å²) in [6, 6.07) is 1.27. The standard InChI is InChI=1S/C18H23F4N3O4S/c1-9(2)12-5-11(19)6-13(10(3)4)15(12)23-17(27)24-30(28,29)14-7-25(16(14)26)8-18(20,21)22/h5-6,9-10,14H,7-8H2,1-4H3,(H2,23,24,27). The van der Waals surface area contributed by atoms with E-state index in [2.05, 4.69) is 5.32 Å². The maximum atomic E-state index is 13.9. The second-order valence-corrected chi connectivity index (χ2v) is 9.56. The molecule has 1 aliphatic heterocycles. The van der Waals surface area contributed by atoms with Crippen molar-refractivity contribution in [2.45, 2.75) is 51.0 Å². The lowest BCUT2D eigenvalue weighted by molar-refractivity contribution is -0.169. The molecule has 0 radical (unpaired) electrons. The molecule has 1 fully saturated rings. The van der Waals surface area contributed by atoms with Gasteiger partial charge in [0.05, 0.1) is 0 Å². The van der Waals surface area contributed by atoms with Crippen LogP contribution in [-0.4, -0.2) is 49.8 Å². The molecule has 12 heteroatoms. The number of nitrogens with zero attached hydrogens (tertiary/aromatic N) is 1. The van der Waals surface area contributed by atoms with E-state index in [4.69, 9.17) is 0 Å². The molecule has 0 saturated carbocycles. The molecule has 0 aromatic heterocycles. The number of nitrogens with one attached hydrogen (secondary N) is 2. The van der Waals surface area contributed by atoms with Crippen LogP contribution in [0.15, 0.2) is 12.1 Å². The van der Waals surface area contributed by atoms with Crippen LogP contribution in [0.4, 0.5) is 28.0 Å². The SMILES string of the molecule is CC(C)c1cc(F)cc(C(C)C)c1NC(=O)NS(=O)(=O)C1CN(CC(F)(F)F)C1=O. The minimum atomic E-state index is -4.65. The fourth-order valence-corrected chi connectivity index (χ4v) is 4.34. The van der Waals surface area contributed by atoms with Gasteiger partial charge in [-0.1, -0.05) is 27.7 Å². The number of anilines is 1. The third-order valence-corrected chi connectivity index (χ3v) is 6.17. The van der Waals surface area contributed by atoms with Gasteiger partial charge in [0.25, 0.3) is 0 Å². The number of hydrogen-bond donors (Lipinski definition) is 2. The first-order chi connectivity index (χ1) is 13.6. The first-order valence-electron chi connectivity index (χ1n) is 9.14. The molecule has 0 bridgehead atoms. The number of likely N-dealkylation sites (tertiary alicyclic amines) is 1. The molecule has 1 aliphatic rings. The Hall–Kier alpha value is -2.37. The number of urea groups is 1. The Morgan fingerprint density at radius 3 is 2.07 bits per heavy atom. The first kappa shape index (κ1) is 23.9. The van der Waals surface area contributed by atoms with Gasteiger partial charge in [-0.2, -0.15) is 13.2 Å². The molecule has 1 aromatic rings. The fourth-order valence-electron chi connectivity index (χ4n) is 3.09. The van der Waals surface area contributed by atoms with E-state index >= 15 is 0 Å². The summed E-state index contributed by atoms with van der Waals surface area (Å²) in [5.41, 5.74) is 1.14. The van der Waals surface area contributed by atoms with E-state index in [1.165, 1.54) is 12.1 Å². The number of sulfonamides is 1. The van der Waals surface area contributed by atoms with Gasteiger partial charge in [0.2, 0.25) is 15.9 Å². The summed E-state index contributed by atoms with van der Waals surface area (Å²) < 4.78 is 77.2. The van der Waals surface area contributed by atoms with Crippen LogP contribution in [-0.2, 0) is 14.8 Å². The molecule has 1 atom stereocenters. The fraction of sp³-hybridized carbons (Fsp3) is 0.556. The predicted molar refractivity (Wildman–Crippen MR) is 102 cm³/mol. The Balaban J connectivity index is 2.17. The highest BCUT2D eigenvalue weighted by Gasteiger charge is 2.50. The molecule has 1 heterocycles. The Morgan fingerprint density at radius 2 is 1.67 bits per heavy atom. The molecule has 0 aliphatic carbocycles. The van der Waals surface area contributed by atoms with Crippen LogP contribution in [0.5, 0.6) is 0 Å². The highest BCUT2D eigenvalue weighted by Crippen LogP contribution is 2.33. The number of alkyl halides is 3. The van der Waals surface area contributed by atoms with Crippen LogP contribution in [0, 0.1) is 5.82 Å². The highest BCUT2D eigenvalue weighted by molar-refractivity contribution is 7.91. The molecule has 30 heavy (non-hydrogen) atoms. The monoisotopic (exact) mass is 453 g/mol. The van der Waals surface area contributed by atoms with Gasteiger partial charge in [-0.25, -0.2) is 22.3 Å². The lowest BCUT2D eigenvalue weighted by atomic mass is 9.92. The number of benzene rings is 1. The lowest BCUT2D eigenvalue weighted by Crippen LogP contribution is -2.64. The van der Waals surface area contributed by atoms with Crippen LogP contribution < -0.4 is 10.0 Å². The van der Waals surface area contributed by atoms with Crippen molar-refractivity contribution in [1.29, 1.82) is 0 Å². The summed E-state index contributed by atoms with van der Waals surface area (Å²) in [5.74, 6) is -2.14. The molecule has 1 aromatic carbocycles. The Labute approximate surface area is 171 Å². The molecular weight excluding hydrogens is 430 g/mol. The average Bonchev–Trinajstić information content (AvgIpc) is 2.57. The van der Waals surface area contributed by atoms with Gasteiger partial charge in [-0.15, -0.1) is 0 Å².